The number of carbonyl (C=O) groups is 1. The van der Waals surface area contributed by atoms with Crippen LogP contribution in [0.5, 0.6) is 0 Å². The Morgan fingerprint density at radius 2 is 2.21 bits per heavy atom. The van der Waals surface area contributed by atoms with Gasteiger partial charge in [-0.25, -0.2) is 4.98 Å². The molecule has 128 valence electrons. The molecule has 1 saturated heterocycles. The normalized spacial score (nSPS) is 20.5. The first-order chi connectivity index (χ1) is 11.8. The Kier molecular flexibility index (Phi) is 5.82. The van der Waals surface area contributed by atoms with Crippen LogP contribution in [0.25, 0.3) is 0 Å². The summed E-state index contributed by atoms with van der Waals surface area (Å²) in [5.41, 5.74) is 1.18. The monoisotopic (exact) mass is 345 g/mol. The maximum atomic E-state index is 12.3. The summed E-state index contributed by atoms with van der Waals surface area (Å²) in [6.07, 6.45) is 3.78. The minimum Gasteiger partial charge on any atom is -0.373 e. The molecule has 0 spiro atoms. The van der Waals surface area contributed by atoms with Gasteiger partial charge in [-0.2, -0.15) is 0 Å². The molecule has 1 amide bonds. The molecule has 1 aliphatic heterocycles. The van der Waals surface area contributed by atoms with Crippen molar-refractivity contribution < 1.29 is 9.53 Å². The largest absolute Gasteiger partial charge is 0.373 e. The fourth-order valence-electron chi connectivity index (χ4n) is 2.99. The van der Waals surface area contributed by atoms with Crippen molar-refractivity contribution in [3.05, 3.63) is 47.0 Å². The van der Waals surface area contributed by atoms with Crippen LogP contribution >= 0.6 is 11.3 Å². The van der Waals surface area contributed by atoms with E-state index in [0.717, 1.165) is 31.1 Å². The maximum absolute atomic E-state index is 12.3. The standard InChI is InChI=1S/C18H23N3O2S/c1-2-19-18-21-12-15(24-18)17(22)20-11-14-9-6-10-23-16(14)13-7-4-3-5-8-13/h3-5,7-8,12,14,16H,2,6,9-11H2,1H3,(H,19,21)(H,20,22)/t14-,16+/m1/s1. The van der Waals surface area contributed by atoms with Crippen LogP contribution in [0.15, 0.2) is 36.5 Å². The van der Waals surface area contributed by atoms with Gasteiger partial charge in [-0.1, -0.05) is 41.7 Å². The topological polar surface area (TPSA) is 63.2 Å². The van der Waals surface area contributed by atoms with Gasteiger partial charge in [-0.3, -0.25) is 4.79 Å². The third-order valence-electron chi connectivity index (χ3n) is 4.16. The number of hydrogen-bond acceptors (Lipinski definition) is 5. The zero-order valence-corrected chi connectivity index (χ0v) is 14.6. The summed E-state index contributed by atoms with van der Waals surface area (Å²) in [6, 6.07) is 10.3. The molecule has 1 fully saturated rings. The molecular formula is C18H23N3O2S. The van der Waals surface area contributed by atoms with Gasteiger partial charge in [0.05, 0.1) is 12.3 Å². The molecule has 2 atom stereocenters. The van der Waals surface area contributed by atoms with Gasteiger partial charge >= 0.3 is 0 Å². The summed E-state index contributed by atoms with van der Waals surface area (Å²) in [5, 5.41) is 6.95. The summed E-state index contributed by atoms with van der Waals surface area (Å²) < 4.78 is 5.98. The SMILES string of the molecule is CCNc1ncc(C(=O)NC[C@H]2CCCO[C@H]2c2ccccc2)s1. The van der Waals surface area contributed by atoms with E-state index >= 15 is 0 Å². The highest BCUT2D eigenvalue weighted by molar-refractivity contribution is 7.17. The van der Waals surface area contributed by atoms with Crippen LogP contribution in [0.2, 0.25) is 0 Å². The van der Waals surface area contributed by atoms with Crippen molar-refractivity contribution in [2.45, 2.75) is 25.9 Å². The minimum atomic E-state index is -0.0611. The Morgan fingerprint density at radius 1 is 1.38 bits per heavy atom. The van der Waals surface area contributed by atoms with E-state index in [9.17, 15) is 4.79 Å². The van der Waals surface area contributed by atoms with Gasteiger partial charge in [0.1, 0.15) is 4.88 Å². The van der Waals surface area contributed by atoms with Gasteiger partial charge in [0, 0.05) is 25.6 Å². The van der Waals surface area contributed by atoms with Crippen molar-refractivity contribution in [3.63, 3.8) is 0 Å². The van der Waals surface area contributed by atoms with Crippen LogP contribution in [-0.4, -0.2) is 30.6 Å². The number of rotatable bonds is 6. The average molecular weight is 345 g/mol. The summed E-state index contributed by atoms with van der Waals surface area (Å²) >= 11 is 1.38. The van der Waals surface area contributed by atoms with Crippen molar-refractivity contribution in [2.75, 3.05) is 25.0 Å². The van der Waals surface area contributed by atoms with E-state index in [1.165, 1.54) is 16.9 Å². The second-order valence-corrected chi connectivity index (χ2v) is 6.91. The van der Waals surface area contributed by atoms with E-state index in [2.05, 4.69) is 27.8 Å². The Morgan fingerprint density at radius 3 is 3.00 bits per heavy atom. The highest BCUT2D eigenvalue weighted by atomic mass is 32.1. The van der Waals surface area contributed by atoms with E-state index in [4.69, 9.17) is 4.74 Å². The number of benzene rings is 1. The van der Waals surface area contributed by atoms with Crippen molar-refractivity contribution in [1.82, 2.24) is 10.3 Å². The molecule has 2 aromatic rings. The number of nitrogens with one attached hydrogen (secondary N) is 2. The van der Waals surface area contributed by atoms with Gasteiger partial charge in [0.25, 0.3) is 5.91 Å². The lowest BCUT2D eigenvalue weighted by atomic mass is 9.89. The van der Waals surface area contributed by atoms with Crippen LogP contribution in [0.1, 0.15) is 41.1 Å². The predicted octanol–water partition coefficient (Wildman–Crippen LogP) is 3.47. The number of anilines is 1. The first-order valence-corrected chi connectivity index (χ1v) is 9.24. The molecule has 0 aliphatic carbocycles. The fraction of sp³-hybridized carbons (Fsp3) is 0.444. The van der Waals surface area contributed by atoms with Gasteiger partial charge in [0.2, 0.25) is 0 Å². The second kappa shape index (κ2) is 8.26. The molecule has 6 heteroatoms. The van der Waals surface area contributed by atoms with Gasteiger partial charge in [-0.15, -0.1) is 0 Å². The molecule has 3 rings (SSSR count). The first kappa shape index (κ1) is 16.9. The highest BCUT2D eigenvalue weighted by Crippen LogP contribution is 2.33. The molecule has 1 aromatic carbocycles. The zero-order chi connectivity index (χ0) is 16.8. The zero-order valence-electron chi connectivity index (χ0n) is 13.8. The van der Waals surface area contributed by atoms with Crippen LogP contribution in [0.4, 0.5) is 5.13 Å². The van der Waals surface area contributed by atoms with Crippen LogP contribution in [0, 0.1) is 5.92 Å². The lowest BCUT2D eigenvalue weighted by molar-refractivity contribution is -0.0272. The summed E-state index contributed by atoms with van der Waals surface area (Å²) in [5.74, 6) is 0.236. The van der Waals surface area contributed by atoms with Crippen molar-refractivity contribution in [3.8, 4) is 0 Å². The summed E-state index contributed by atoms with van der Waals surface area (Å²) in [4.78, 5) is 17.2. The number of hydrogen-bond donors (Lipinski definition) is 2. The van der Waals surface area contributed by atoms with E-state index in [1.807, 2.05) is 25.1 Å². The highest BCUT2D eigenvalue weighted by Gasteiger charge is 2.27. The molecule has 0 saturated carbocycles. The molecule has 2 heterocycles. The van der Waals surface area contributed by atoms with Gasteiger partial charge in [-0.05, 0) is 25.3 Å². The van der Waals surface area contributed by atoms with Crippen LogP contribution in [-0.2, 0) is 4.74 Å². The second-order valence-electron chi connectivity index (χ2n) is 5.87. The summed E-state index contributed by atoms with van der Waals surface area (Å²) in [7, 11) is 0. The Labute approximate surface area is 146 Å². The molecule has 0 unspecified atom stereocenters. The van der Waals surface area contributed by atoms with E-state index in [1.54, 1.807) is 6.20 Å². The maximum Gasteiger partial charge on any atom is 0.263 e. The number of aromatic nitrogens is 1. The fourth-order valence-corrected chi connectivity index (χ4v) is 3.79. The number of thiazole rings is 1. The molecule has 0 bridgehead atoms. The van der Waals surface area contributed by atoms with Crippen LogP contribution in [0.3, 0.4) is 0 Å². The number of carbonyl (C=O) groups excluding carboxylic acids is 1. The molecule has 2 N–H and O–H groups in total. The Bertz CT molecular complexity index is 659. The van der Waals surface area contributed by atoms with E-state index in [-0.39, 0.29) is 12.0 Å². The molecule has 1 aliphatic rings. The minimum absolute atomic E-state index is 0.0547. The number of amides is 1. The Balaban J connectivity index is 1.60. The van der Waals surface area contributed by atoms with E-state index in [0.29, 0.717) is 17.3 Å². The smallest absolute Gasteiger partial charge is 0.263 e. The predicted molar refractivity (Wildman–Crippen MR) is 96.5 cm³/mol. The van der Waals surface area contributed by atoms with Crippen molar-refractivity contribution in [1.29, 1.82) is 0 Å². The Hall–Kier alpha value is -1.92. The first-order valence-electron chi connectivity index (χ1n) is 8.42. The van der Waals surface area contributed by atoms with Crippen LogP contribution < -0.4 is 10.6 Å². The van der Waals surface area contributed by atoms with Crippen molar-refractivity contribution >= 4 is 22.4 Å². The third kappa shape index (κ3) is 4.13. The number of nitrogens with zero attached hydrogens (tertiary/aromatic N) is 1. The van der Waals surface area contributed by atoms with Gasteiger partial charge in [0.15, 0.2) is 5.13 Å². The molecule has 24 heavy (non-hydrogen) atoms. The number of ether oxygens (including phenoxy) is 1. The summed E-state index contributed by atoms with van der Waals surface area (Å²) in [6.45, 7) is 4.21. The molecular weight excluding hydrogens is 322 g/mol. The lowest BCUT2D eigenvalue weighted by Crippen LogP contribution is -2.34. The third-order valence-corrected chi connectivity index (χ3v) is 5.11. The quantitative estimate of drug-likeness (QED) is 0.841. The lowest BCUT2D eigenvalue weighted by Gasteiger charge is -2.32. The molecule has 1 aromatic heterocycles. The van der Waals surface area contributed by atoms with Gasteiger partial charge < -0.3 is 15.4 Å². The van der Waals surface area contributed by atoms with E-state index < -0.39 is 0 Å². The van der Waals surface area contributed by atoms with Crippen molar-refractivity contribution in [2.24, 2.45) is 5.92 Å². The molecule has 5 nitrogen and oxygen atoms in total. The average Bonchev–Trinajstić information content (AvgIpc) is 3.10. The molecule has 0 radical (unpaired) electrons.